The number of nitrogens with zero attached hydrogens (tertiary/aromatic N) is 1. The Labute approximate surface area is 200 Å². The van der Waals surface area contributed by atoms with Crippen LogP contribution in [0.2, 0.25) is 0 Å². The van der Waals surface area contributed by atoms with Crippen molar-refractivity contribution in [1.29, 1.82) is 0 Å². The minimum Gasteiger partial charge on any atom is -0.465 e. The lowest BCUT2D eigenvalue weighted by Crippen LogP contribution is -2.31. The summed E-state index contributed by atoms with van der Waals surface area (Å²) in [6.07, 6.45) is 2.02. The summed E-state index contributed by atoms with van der Waals surface area (Å²) in [5, 5.41) is 2.63. The summed E-state index contributed by atoms with van der Waals surface area (Å²) >= 11 is 3.37. The molecule has 33 heavy (non-hydrogen) atoms. The van der Waals surface area contributed by atoms with Crippen LogP contribution in [0.5, 0.6) is 0 Å². The number of amides is 2. The first-order chi connectivity index (χ1) is 15.7. The van der Waals surface area contributed by atoms with E-state index in [0.29, 0.717) is 34.4 Å². The molecule has 0 saturated heterocycles. The molecule has 4 rings (SSSR count). The molecule has 0 bridgehead atoms. The Hall–Kier alpha value is -2.72. The molecular formula is C23H23BrN2O6S. The molecule has 174 valence electrons. The predicted octanol–water partition coefficient (Wildman–Crippen LogP) is 3.34. The molecule has 2 aromatic rings. The van der Waals surface area contributed by atoms with Crippen molar-refractivity contribution in [2.45, 2.75) is 30.6 Å². The lowest BCUT2D eigenvalue weighted by Gasteiger charge is -2.20. The first kappa shape index (κ1) is 23.4. The van der Waals surface area contributed by atoms with Gasteiger partial charge in [0.1, 0.15) is 0 Å². The third-order valence-corrected chi connectivity index (χ3v) is 7.89. The van der Waals surface area contributed by atoms with Crippen LogP contribution >= 0.6 is 15.9 Å². The summed E-state index contributed by atoms with van der Waals surface area (Å²) < 4.78 is 31.7. The van der Waals surface area contributed by atoms with Crippen molar-refractivity contribution in [3.8, 4) is 0 Å². The van der Waals surface area contributed by atoms with Crippen LogP contribution in [0, 0.1) is 5.92 Å². The minimum atomic E-state index is -3.83. The number of halogens is 1. The van der Waals surface area contributed by atoms with Crippen LogP contribution in [-0.4, -0.2) is 45.6 Å². The number of methoxy groups -OCH3 is 1. The minimum absolute atomic E-state index is 0.0218. The molecule has 1 fully saturated rings. The molecule has 1 N–H and O–H groups in total. The van der Waals surface area contributed by atoms with E-state index in [1.165, 1.54) is 25.3 Å². The van der Waals surface area contributed by atoms with Crippen LogP contribution in [0.1, 0.15) is 35.2 Å². The number of carbonyl (C=O) groups is 3. The van der Waals surface area contributed by atoms with Crippen LogP contribution in [0.15, 0.2) is 45.8 Å². The highest BCUT2D eigenvalue weighted by atomic mass is 79.9. The van der Waals surface area contributed by atoms with E-state index >= 15 is 0 Å². The molecule has 0 unspecified atom stereocenters. The Kier molecular flexibility index (Phi) is 6.58. The fourth-order valence-corrected chi connectivity index (χ4v) is 6.02. The average Bonchev–Trinajstić information content (AvgIpc) is 3.56. The smallest absolute Gasteiger partial charge is 0.337 e. The van der Waals surface area contributed by atoms with Crippen molar-refractivity contribution in [3.63, 3.8) is 0 Å². The predicted molar refractivity (Wildman–Crippen MR) is 126 cm³/mol. The van der Waals surface area contributed by atoms with Gasteiger partial charge in [0.05, 0.1) is 29.0 Å². The second kappa shape index (κ2) is 9.26. The van der Waals surface area contributed by atoms with Gasteiger partial charge < -0.3 is 15.0 Å². The average molecular weight is 535 g/mol. The van der Waals surface area contributed by atoms with E-state index in [9.17, 15) is 22.8 Å². The Morgan fingerprint density at radius 2 is 1.85 bits per heavy atom. The van der Waals surface area contributed by atoms with Gasteiger partial charge in [-0.3, -0.25) is 9.59 Å². The van der Waals surface area contributed by atoms with Crippen molar-refractivity contribution in [3.05, 3.63) is 52.0 Å². The fourth-order valence-electron chi connectivity index (χ4n) is 3.85. The fraction of sp³-hybridized carbons (Fsp3) is 0.348. The van der Waals surface area contributed by atoms with E-state index in [0.717, 1.165) is 18.4 Å². The van der Waals surface area contributed by atoms with Crippen molar-refractivity contribution in [2.75, 3.05) is 29.6 Å². The number of carbonyl (C=O) groups excluding carboxylic acids is 3. The highest BCUT2D eigenvalue weighted by Gasteiger charge is 2.39. The summed E-state index contributed by atoms with van der Waals surface area (Å²) in [5.41, 5.74) is 2.04. The van der Waals surface area contributed by atoms with Gasteiger partial charge >= 0.3 is 5.97 Å². The summed E-state index contributed by atoms with van der Waals surface area (Å²) in [4.78, 5) is 38.3. The van der Waals surface area contributed by atoms with Crippen LogP contribution in [0.25, 0.3) is 0 Å². The monoisotopic (exact) mass is 534 g/mol. The normalized spacial score (nSPS) is 15.2. The molecule has 1 aliphatic carbocycles. The van der Waals surface area contributed by atoms with Crippen LogP contribution in [0.4, 0.5) is 11.4 Å². The van der Waals surface area contributed by atoms with Gasteiger partial charge in [-0.1, -0.05) is 15.9 Å². The third-order valence-electron chi connectivity index (χ3n) is 5.71. The molecule has 2 aliphatic rings. The Morgan fingerprint density at radius 3 is 2.48 bits per heavy atom. The van der Waals surface area contributed by atoms with Crippen molar-refractivity contribution < 1.29 is 27.5 Å². The van der Waals surface area contributed by atoms with Crippen LogP contribution in [0.3, 0.4) is 0 Å². The van der Waals surface area contributed by atoms with E-state index in [4.69, 9.17) is 0 Å². The van der Waals surface area contributed by atoms with Gasteiger partial charge in [0.25, 0.3) is 0 Å². The highest BCUT2D eigenvalue weighted by molar-refractivity contribution is 9.10. The lowest BCUT2D eigenvalue weighted by atomic mass is 10.2. The summed E-state index contributed by atoms with van der Waals surface area (Å²) in [5.74, 6) is -1.41. The zero-order valence-corrected chi connectivity index (χ0v) is 20.4. The number of esters is 1. The number of nitrogens with one attached hydrogen (secondary N) is 1. The van der Waals surface area contributed by atoms with Gasteiger partial charge in [0.2, 0.25) is 11.8 Å². The van der Waals surface area contributed by atoms with Gasteiger partial charge in [-0.05, 0) is 61.2 Å². The number of rotatable bonds is 7. The second-order valence-electron chi connectivity index (χ2n) is 8.11. The molecule has 0 aromatic heterocycles. The van der Waals surface area contributed by atoms with Crippen LogP contribution < -0.4 is 10.2 Å². The first-order valence-corrected chi connectivity index (χ1v) is 13.0. The Bertz CT molecular complexity index is 1220. The van der Waals surface area contributed by atoms with Crippen LogP contribution in [-0.2, 0) is 30.6 Å². The Balaban J connectivity index is 1.47. The molecule has 0 spiro atoms. The molecule has 10 heteroatoms. The zero-order valence-electron chi connectivity index (χ0n) is 18.0. The Morgan fingerprint density at radius 1 is 1.15 bits per heavy atom. The largest absolute Gasteiger partial charge is 0.465 e. The molecule has 0 atom stereocenters. The van der Waals surface area contributed by atoms with Crippen molar-refractivity contribution in [1.82, 2.24) is 0 Å². The molecular weight excluding hydrogens is 512 g/mol. The summed E-state index contributed by atoms with van der Waals surface area (Å²) in [7, 11) is -2.56. The van der Waals surface area contributed by atoms with Gasteiger partial charge in [-0.15, -0.1) is 0 Å². The van der Waals surface area contributed by atoms with Gasteiger partial charge in [-0.25, -0.2) is 13.2 Å². The molecule has 1 saturated carbocycles. The number of ether oxygens (including phenoxy) is 1. The summed E-state index contributed by atoms with van der Waals surface area (Å²) in [6.45, 7) is 0.464. The SMILES string of the molecule is COC(=O)c1ccc(NC(=O)CCS(=O)(=O)c2cc(Br)cc3c2N(C(=O)C2CC2)CC3)cc1. The van der Waals surface area contributed by atoms with Gasteiger partial charge in [0, 0.05) is 29.0 Å². The maximum atomic E-state index is 13.2. The summed E-state index contributed by atoms with van der Waals surface area (Å²) in [6, 6.07) is 9.46. The van der Waals surface area contributed by atoms with E-state index < -0.39 is 27.5 Å². The highest BCUT2D eigenvalue weighted by Crippen LogP contribution is 2.41. The van der Waals surface area contributed by atoms with Crippen molar-refractivity contribution in [2.24, 2.45) is 5.92 Å². The topological polar surface area (TPSA) is 110 Å². The van der Waals surface area contributed by atoms with E-state index in [1.807, 2.05) is 6.07 Å². The van der Waals surface area contributed by atoms with Gasteiger partial charge in [-0.2, -0.15) is 0 Å². The number of benzene rings is 2. The number of anilines is 2. The molecule has 2 amide bonds. The molecule has 1 heterocycles. The number of hydrogen-bond donors (Lipinski definition) is 1. The van der Waals surface area contributed by atoms with E-state index in [1.54, 1.807) is 17.0 Å². The molecule has 0 radical (unpaired) electrons. The number of fused-ring (bicyclic) bond motifs is 1. The standard InChI is InChI=1S/C23H23BrN2O6S/c1-32-23(29)15-4-6-18(7-5-15)25-20(27)9-11-33(30,31)19-13-17(24)12-16-8-10-26(21(16)19)22(28)14-2-3-14/h4-7,12-14H,2-3,8-11H2,1H3,(H,25,27). The van der Waals surface area contributed by atoms with E-state index in [-0.39, 0.29) is 23.1 Å². The maximum Gasteiger partial charge on any atom is 0.337 e. The first-order valence-electron chi connectivity index (χ1n) is 10.5. The van der Waals surface area contributed by atoms with E-state index in [2.05, 4.69) is 26.0 Å². The zero-order chi connectivity index (χ0) is 23.8. The third kappa shape index (κ3) is 5.11. The number of hydrogen-bond acceptors (Lipinski definition) is 6. The second-order valence-corrected chi connectivity index (χ2v) is 11.1. The number of sulfone groups is 1. The quantitative estimate of drug-likeness (QED) is 0.545. The lowest BCUT2D eigenvalue weighted by molar-refractivity contribution is -0.119. The maximum absolute atomic E-state index is 13.2. The molecule has 2 aromatic carbocycles. The molecule has 1 aliphatic heterocycles. The van der Waals surface area contributed by atoms with Gasteiger partial charge in [0.15, 0.2) is 9.84 Å². The van der Waals surface area contributed by atoms with Crippen molar-refractivity contribution >= 4 is 54.9 Å². The molecule has 8 nitrogen and oxygen atoms in total.